The Morgan fingerprint density at radius 2 is 2.00 bits per heavy atom. The Morgan fingerprint density at radius 1 is 1.15 bits per heavy atom. The number of nitriles is 2. The first-order valence-electron chi connectivity index (χ1n) is 8.50. The van der Waals surface area contributed by atoms with Gasteiger partial charge in [-0.3, -0.25) is 10.1 Å². The van der Waals surface area contributed by atoms with Crippen LogP contribution in [0.3, 0.4) is 0 Å². The normalized spacial score (nSPS) is 19.4. The predicted molar refractivity (Wildman–Crippen MR) is 104 cm³/mol. The molecule has 1 aliphatic heterocycles. The number of rotatable bonds is 2. The largest absolute Gasteiger partial charge is 0.399 e. The maximum atomic E-state index is 9.96. The van der Waals surface area contributed by atoms with E-state index in [4.69, 9.17) is 5.73 Å². The molecule has 4 rings (SSSR count). The first-order chi connectivity index (χ1) is 13.1. The maximum Gasteiger partial charge on any atom is 0.0977 e. The van der Waals surface area contributed by atoms with Gasteiger partial charge in [-0.05, 0) is 36.8 Å². The Balaban J connectivity index is 1.95. The van der Waals surface area contributed by atoms with E-state index in [9.17, 15) is 10.5 Å². The lowest BCUT2D eigenvalue weighted by Crippen LogP contribution is -2.25. The van der Waals surface area contributed by atoms with Crippen molar-refractivity contribution in [3.63, 3.8) is 0 Å². The summed E-state index contributed by atoms with van der Waals surface area (Å²) in [7, 11) is 0. The minimum atomic E-state index is -0.506. The number of anilines is 1. The first-order valence-corrected chi connectivity index (χ1v) is 8.50. The molecule has 0 saturated carbocycles. The van der Waals surface area contributed by atoms with Gasteiger partial charge in [-0.25, -0.2) is 0 Å². The summed E-state index contributed by atoms with van der Waals surface area (Å²) in [6, 6.07) is 17.8. The summed E-state index contributed by atoms with van der Waals surface area (Å²) >= 11 is 0. The molecule has 0 saturated heterocycles. The van der Waals surface area contributed by atoms with Crippen LogP contribution in [0.1, 0.15) is 24.0 Å². The highest BCUT2D eigenvalue weighted by Crippen LogP contribution is 2.42. The summed E-state index contributed by atoms with van der Waals surface area (Å²) < 4.78 is 0. The quantitative estimate of drug-likeness (QED) is 0.683. The van der Waals surface area contributed by atoms with Crippen molar-refractivity contribution in [1.29, 1.82) is 10.5 Å². The smallest absolute Gasteiger partial charge is 0.0977 e. The zero-order chi connectivity index (χ0) is 19.0. The number of benzene rings is 2. The number of aromatic nitrogens is 2. The fraction of sp³-hybridized carbons (Fsp3) is 0.143. The lowest BCUT2D eigenvalue weighted by molar-refractivity contribution is 0.720. The topological polar surface area (TPSA) is 115 Å². The van der Waals surface area contributed by atoms with Crippen molar-refractivity contribution in [2.24, 2.45) is 10.9 Å². The first kappa shape index (κ1) is 16.6. The van der Waals surface area contributed by atoms with Crippen molar-refractivity contribution < 1.29 is 0 Å². The molecule has 0 radical (unpaired) electrons. The average molecular weight is 352 g/mol. The molecule has 2 unspecified atom stereocenters. The van der Waals surface area contributed by atoms with Crippen molar-refractivity contribution >= 4 is 28.0 Å². The molecule has 3 N–H and O–H groups in total. The van der Waals surface area contributed by atoms with E-state index in [-0.39, 0.29) is 0 Å². The number of H-pyrrole nitrogens is 1. The fourth-order valence-electron chi connectivity index (χ4n) is 3.57. The van der Waals surface area contributed by atoms with Crippen LogP contribution in [-0.2, 0) is 0 Å². The van der Waals surface area contributed by atoms with Crippen LogP contribution in [0.4, 0.5) is 5.69 Å². The number of aromatic amines is 1. The van der Waals surface area contributed by atoms with Gasteiger partial charge in [0.25, 0.3) is 0 Å². The molecule has 1 aliphatic rings. The second kappa shape index (κ2) is 6.44. The van der Waals surface area contributed by atoms with E-state index in [1.807, 2.05) is 37.3 Å². The number of nitrogens with one attached hydrogen (secondary N) is 1. The van der Waals surface area contributed by atoms with Crippen molar-refractivity contribution in [2.75, 3.05) is 5.73 Å². The van der Waals surface area contributed by atoms with Gasteiger partial charge in [-0.15, -0.1) is 0 Å². The number of nitrogens with two attached hydrogens (primary N) is 1. The second-order valence-electron chi connectivity index (χ2n) is 6.55. The van der Waals surface area contributed by atoms with Gasteiger partial charge in [0.05, 0.1) is 41.0 Å². The average Bonchev–Trinajstić information content (AvgIpc) is 3.14. The van der Waals surface area contributed by atoms with Crippen LogP contribution < -0.4 is 5.73 Å². The number of hydrogen-bond acceptors (Lipinski definition) is 5. The molecule has 0 amide bonds. The van der Waals surface area contributed by atoms with E-state index in [0.717, 1.165) is 22.0 Å². The van der Waals surface area contributed by atoms with E-state index in [0.29, 0.717) is 22.7 Å². The number of allylic oxidation sites excluding steroid dienone is 1. The van der Waals surface area contributed by atoms with Gasteiger partial charge in [0.15, 0.2) is 0 Å². The highest BCUT2D eigenvalue weighted by atomic mass is 15.1. The molecule has 27 heavy (non-hydrogen) atoms. The molecule has 2 aromatic carbocycles. The minimum absolute atomic E-state index is 0.395. The standard InChI is InChI=1S/C21H16N6/c1-12-17(9-22)20(13-5-6-19-15(7-13)11-25-27-19)18(10-23)21(26-12)14-3-2-4-16(24)8-14/h2-8,11,17,20H,24H2,1H3,(H,25,27). The zero-order valence-electron chi connectivity index (χ0n) is 14.6. The van der Waals surface area contributed by atoms with Gasteiger partial charge >= 0.3 is 0 Å². The maximum absolute atomic E-state index is 9.96. The molecule has 3 aromatic rings. The summed E-state index contributed by atoms with van der Waals surface area (Å²) in [6.45, 7) is 1.83. The van der Waals surface area contributed by atoms with Gasteiger partial charge < -0.3 is 5.73 Å². The van der Waals surface area contributed by atoms with Gasteiger partial charge in [0, 0.05) is 28.3 Å². The minimum Gasteiger partial charge on any atom is -0.399 e. The van der Waals surface area contributed by atoms with Crippen LogP contribution in [0.15, 0.2) is 59.2 Å². The molecule has 1 aromatic heterocycles. The van der Waals surface area contributed by atoms with Crippen LogP contribution in [0.2, 0.25) is 0 Å². The van der Waals surface area contributed by atoms with Crippen LogP contribution in [0.5, 0.6) is 0 Å². The highest BCUT2D eigenvalue weighted by Gasteiger charge is 2.35. The third-order valence-electron chi connectivity index (χ3n) is 4.88. The number of hydrogen-bond donors (Lipinski definition) is 2. The number of fused-ring (bicyclic) bond motifs is 1. The number of nitrogens with zero attached hydrogens (tertiary/aromatic N) is 4. The molecule has 2 heterocycles. The lowest BCUT2D eigenvalue weighted by Gasteiger charge is -2.28. The molecule has 6 nitrogen and oxygen atoms in total. The Kier molecular flexibility index (Phi) is 3.95. The lowest BCUT2D eigenvalue weighted by atomic mass is 9.76. The fourth-order valence-corrected chi connectivity index (χ4v) is 3.57. The van der Waals surface area contributed by atoms with Crippen molar-refractivity contribution in [3.05, 3.63) is 65.4 Å². The number of aliphatic imine (C=N–C) groups is 1. The summed E-state index contributed by atoms with van der Waals surface area (Å²) in [5.41, 5.74) is 10.8. The summed E-state index contributed by atoms with van der Waals surface area (Å²) in [5, 5.41) is 27.6. The summed E-state index contributed by atoms with van der Waals surface area (Å²) in [6.07, 6.45) is 1.73. The Labute approximate surface area is 156 Å². The van der Waals surface area contributed by atoms with Crippen molar-refractivity contribution in [3.8, 4) is 12.1 Å². The molecular formula is C21H16N6. The molecule has 0 spiro atoms. The predicted octanol–water partition coefficient (Wildman–Crippen LogP) is 3.78. The molecule has 2 atom stereocenters. The van der Waals surface area contributed by atoms with Crippen molar-refractivity contribution in [2.45, 2.75) is 12.8 Å². The van der Waals surface area contributed by atoms with Crippen molar-refractivity contribution in [1.82, 2.24) is 10.2 Å². The van der Waals surface area contributed by atoms with E-state index in [2.05, 4.69) is 27.3 Å². The van der Waals surface area contributed by atoms with Gasteiger partial charge in [0.2, 0.25) is 0 Å². The molecular weight excluding hydrogens is 336 g/mol. The van der Waals surface area contributed by atoms with Crippen LogP contribution in [0, 0.1) is 28.6 Å². The monoisotopic (exact) mass is 352 g/mol. The van der Waals surface area contributed by atoms with E-state index in [1.165, 1.54) is 0 Å². The van der Waals surface area contributed by atoms with Gasteiger partial charge in [-0.1, -0.05) is 18.2 Å². The molecule has 6 heteroatoms. The number of nitrogen functional groups attached to an aromatic ring is 1. The Morgan fingerprint density at radius 3 is 2.74 bits per heavy atom. The summed E-state index contributed by atoms with van der Waals surface area (Å²) in [5.74, 6) is -0.901. The van der Waals surface area contributed by atoms with Gasteiger partial charge in [0.1, 0.15) is 0 Å². The molecule has 0 bridgehead atoms. The zero-order valence-corrected chi connectivity index (χ0v) is 14.6. The van der Waals surface area contributed by atoms with E-state index < -0.39 is 11.8 Å². The molecule has 0 aliphatic carbocycles. The van der Waals surface area contributed by atoms with Crippen LogP contribution in [-0.4, -0.2) is 15.9 Å². The second-order valence-corrected chi connectivity index (χ2v) is 6.55. The SMILES string of the molecule is CC1=NC(c2cccc(N)c2)=C(C#N)C(c2ccc3[nH]ncc3c2)C1C#N. The van der Waals surface area contributed by atoms with Crippen LogP contribution in [0.25, 0.3) is 16.6 Å². The Hall–Kier alpha value is -3.90. The van der Waals surface area contributed by atoms with Gasteiger partial charge in [-0.2, -0.15) is 15.6 Å². The highest BCUT2D eigenvalue weighted by molar-refractivity contribution is 5.97. The molecule has 0 fully saturated rings. The van der Waals surface area contributed by atoms with Crippen LogP contribution >= 0.6 is 0 Å². The summed E-state index contributed by atoms with van der Waals surface area (Å²) in [4.78, 5) is 4.60. The molecule has 130 valence electrons. The van der Waals surface area contributed by atoms with E-state index >= 15 is 0 Å². The Bertz CT molecular complexity index is 1190. The van der Waals surface area contributed by atoms with E-state index in [1.54, 1.807) is 18.3 Å². The third-order valence-corrected chi connectivity index (χ3v) is 4.88. The third kappa shape index (κ3) is 2.74.